The normalized spacial score (nSPS) is 11.8. The third-order valence-electron chi connectivity index (χ3n) is 2.59. The van der Waals surface area contributed by atoms with Gasteiger partial charge in [-0.2, -0.15) is 0 Å². The van der Waals surface area contributed by atoms with Crippen molar-refractivity contribution in [2.45, 2.75) is 38.4 Å². The van der Waals surface area contributed by atoms with Crippen molar-refractivity contribution in [2.75, 3.05) is 45.4 Å². The van der Waals surface area contributed by atoms with Crippen molar-refractivity contribution < 1.29 is 24.1 Å². The molecular weight excluding hydrogens is 280 g/mol. The third-order valence-corrected chi connectivity index (χ3v) is 3.86. The number of thioether (sulfide) groups is 1. The van der Waals surface area contributed by atoms with E-state index < -0.39 is 10.7 Å². The minimum absolute atomic E-state index is 0.531. The SMILES string of the molecule is CCCCOCCOCCOCCSC(C)(C)C(=O)O. The van der Waals surface area contributed by atoms with Gasteiger partial charge in [-0.3, -0.25) is 4.79 Å². The molecule has 0 aliphatic heterocycles. The molecule has 120 valence electrons. The molecule has 0 fully saturated rings. The Kier molecular flexibility index (Phi) is 12.3. The molecule has 0 amide bonds. The fourth-order valence-electron chi connectivity index (χ4n) is 1.21. The van der Waals surface area contributed by atoms with Crippen LogP contribution in [0.5, 0.6) is 0 Å². The lowest BCUT2D eigenvalue weighted by Crippen LogP contribution is -2.28. The topological polar surface area (TPSA) is 65.0 Å². The summed E-state index contributed by atoms with van der Waals surface area (Å²) in [5.41, 5.74) is 0. The lowest BCUT2D eigenvalue weighted by atomic mass is 10.2. The molecule has 0 spiro atoms. The number of carboxylic acid groups (broad SMARTS) is 1. The van der Waals surface area contributed by atoms with Gasteiger partial charge in [0.05, 0.1) is 33.0 Å². The molecule has 0 aromatic carbocycles. The summed E-state index contributed by atoms with van der Waals surface area (Å²) in [6.07, 6.45) is 2.23. The molecule has 0 radical (unpaired) electrons. The van der Waals surface area contributed by atoms with Crippen molar-refractivity contribution in [1.29, 1.82) is 0 Å². The summed E-state index contributed by atoms with van der Waals surface area (Å²) in [6, 6.07) is 0. The maximum absolute atomic E-state index is 10.9. The number of hydrogen-bond donors (Lipinski definition) is 1. The van der Waals surface area contributed by atoms with Crippen LogP contribution >= 0.6 is 11.8 Å². The molecule has 20 heavy (non-hydrogen) atoms. The van der Waals surface area contributed by atoms with E-state index in [1.54, 1.807) is 13.8 Å². The summed E-state index contributed by atoms with van der Waals surface area (Å²) in [4.78, 5) is 10.9. The van der Waals surface area contributed by atoms with Crippen molar-refractivity contribution in [3.63, 3.8) is 0 Å². The number of aliphatic carboxylic acids is 1. The Hall–Kier alpha value is -0.300. The second-order valence-electron chi connectivity index (χ2n) is 4.85. The van der Waals surface area contributed by atoms with Crippen LogP contribution in [0.1, 0.15) is 33.6 Å². The minimum Gasteiger partial charge on any atom is -0.480 e. The fourth-order valence-corrected chi connectivity index (χ4v) is 2.04. The van der Waals surface area contributed by atoms with Crippen LogP contribution in [0.2, 0.25) is 0 Å². The van der Waals surface area contributed by atoms with E-state index in [0.717, 1.165) is 19.4 Å². The highest BCUT2D eigenvalue weighted by Gasteiger charge is 2.26. The number of carbonyl (C=O) groups is 1. The molecule has 0 bridgehead atoms. The number of carboxylic acids is 1. The highest BCUT2D eigenvalue weighted by atomic mass is 32.2. The zero-order valence-electron chi connectivity index (χ0n) is 12.9. The molecule has 1 N–H and O–H groups in total. The van der Waals surface area contributed by atoms with Gasteiger partial charge in [-0.1, -0.05) is 13.3 Å². The zero-order valence-corrected chi connectivity index (χ0v) is 13.7. The van der Waals surface area contributed by atoms with E-state index in [9.17, 15) is 4.79 Å². The molecule has 0 saturated carbocycles. The quantitative estimate of drug-likeness (QED) is 0.497. The highest BCUT2D eigenvalue weighted by Crippen LogP contribution is 2.23. The molecule has 5 nitrogen and oxygen atoms in total. The van der Waals surface area contributed by atoms with Gasteiger partial charge >= 0.3 is 5.97 Å². The van der Waals surface area contributed by atoms with E-state index in [4.69, 9.17) is 19.3 Å². The predicted octanol–water partition coefficient (Wildman–Crippen LogP) is 2.43. The summed E-state index contributed by atoms with van der Waals surface area (Å²) < 4.78 is 15.3. The zero-order chi connectivity index (χ0) is 15.3. The summed E-state index contributed by atoms with van der Waals surface area (Å²) in [5.74, 6) is -0.131. The standard InChI is InChI=1S/C14H28O5S/c1-4-5-6-17-7-8-18-9-10-19-11-12-20-14(2,3)13(15)16/h4-12H2,1-3H3,(H,15,16). The van der Waals surface area contributed by atoms with Gasteiger partial charge in [0.25, 0.3) is 0 Å². The second-order valence-corrected chi connectivity index (χ2v) is 6.57. The molecule has 0 heterocycles. The average molecular weight is 308 g/mol. The van der Waals surface area contributed by atoms with Crippen LogP contribution in [-0.4, -0.2) is 61.2 Å². The van der Waals surface area contributed by atoms with Crippen LogP contribution in [0, 0.1) is 0 Å². The van der Waals surface area contributed by atoms with Crippen LogP contribution in [0.3, 0.4) is 0 Å². The van der Waals surface area contributed by atoms with Crippen molar-refractivity contribution in [3.05, 3.63) is 0 Å². The Bertz CT molecular complexity index is 246. The molecular formula is C14H28O5S. The monoisotopic (exact) mass is 308 g/mol. The maximum Gasteiger partial charge on any atom is 0.319 e. The smallest absolute Gasteiger partial charge is 0.319 e. The Morgan fingerprint density at radius 2 is 1.50 bits per heavy atom. The first kappa shape index (κ1) is 19.7. The van der Waals surface area contributed by atoms with Crippen molar-refractivity contribution in [1.82, 2.24) is 0 Å². The molecule has 0 rings (SSSR count). The molecule has 0 atom stereocenters. The van der Waals surface area contributed by atoms with Gasteiger partial charge in [-0.05, 0) is 20.3 Å². The Balaban J connectivity index is 3.19. The first-order chi connectivity index (χ1) is 9.50. The average Bonchev–Trinajstić information content (AvgIpc) is 2.39. The maximum atomic E-state index is 10.9. The first-order valence-electron chi connectivity index (χ1n) is 7.11. The van der Waals surface area contributed by atoms with Crippen molar-refractivity contribution >= 4 is 17.7 Å². The number of hydrogen-bond acceptors (Lipinski definition) is 5. The van der Waals surface area contributed by atoms with E-state index >= 15 is 0 Å². The van der Waals surface area contributed by atoms with Gasteiger partial charge in [-0.15, -0.1) is 11.8 Å². The fraction of sp³-hybridized carbons (Fsp3) is 0.929. The summed E-state index contributed by atoms with van der Waals surface area (Å²) in [7, 11) is 0. The summed E-state index contributed by atoms with van der Waals surface area (Å²) in [6.45, 7) is 9.16. The lowest BCUT2D eigenvalue weighted by Gasteiger charge is -2.18. The first-order valence-corrected chi connectivity index (χ1v) is 8.10. The van der Waals surface area contributed by atoms with E-state index in [-0.39, 0.29) is 0 Å². The Labute approximate surface area is 126 Å². The van der Waals surface area contributed by atoms with E-state index in [1.807, 2.05) is 0 Å². The van der Waals surface area contributed by atoms with Gasteiger partial charge in [0.1, 0.15) is 4.75 Å². The molecule has 0 unspecified atom stereocenters. The number of rotatable bonds is 14. The van der Waals surface area contributed by atoms with Crippen LogP contribution in [0.4, 0.5) is 0 Å². The van der Waals surface area contributed by atoms with E-state index in [2.05, 4.69) is 6.92 Å². The van der Waals surface area contributed by atoms with E-state index in [1.165, 1.54) is 11.8 Å². The van der Waals surface area contributed by atoms with E-state index in [0.29, 0.717) is 38.8 Å². The molecule has 0 aromatic rings. The van der Waals surface area contributed by atoms with Gasteiger partial charge in [-0.25, -0.2) is 0 Å². The summed E-state index contributed by atoms with van der Waals surface area (Å²) in [5, 5.41) is 8.92. The highest BCUT2D eigenvalue weighted by molar-refractivity contribution is 8.01. The van der Waals surface area contributed by atoms with Crippen molar-refractivity contribution in [3.8, 4) is 0 Å². The lowest BCUT2D eigenvalue weighted by molar-refractivity contribution is -0.138. The Morgan fingerprint density at radius 1 is 1.00 bits per heavy atom. The van der Waals surface area contributed by atoms with Gasteiger partial charge in [0, 0.05) is 12.4 Å². The van der Waals surface area contributed by atoms with Crippen LogP contribution in [0.25, 0.3) is 0 Å². The van der Waals surface area contributed by atoms with Gasteiger partial charge in [0.2, 0.25) is 0 Å². The van der Waals surface area contributed by atoms with Gasteiger partial charge < -0.3 is 19.3 Å². The second kappa shape index (κ2) is 12.4. The van der Waals surface area contributed by atoms with Crippen LogP contribution in [-0.2, 0) is 19.0 Å². The van der Waals surface area contributed by atoms with Crippen molar-refractivity contribution in [2.24, 2.45) is 0 Å². The molecule has 0 aliphatic rings. The Morgan fingerprint density at radius 3 is 2.00 bits per heavy atom. The largest absolute Gasteiger partial charge is 0.480 e. The summed E-state index contributed by atoms with van der Waals surface area (Å²) >= 11 is 1.38. The number of ether oxygens (including phenoxy) is 3. The number of unbranched alkanes of at least 4 members (excludes halogenated alkanes) is 1. The van der Waals surface area contributed by atoms with Gasteiger partial charge in [0.15, 0.2) is 0 Å². The molecule has 0 aliphatic carbocycles. The molecule has 0 aromatic heterocycles. The molecule has 6 heteroatoms. The third kappa shape index (κ3) is 11.5. The minimum atomic E-state index is -0.797. The van der Waals surface area contributed by atoms with Crippen LogP contribution < -0.4 is 0 Å². The predicted molar refractivity (Wildman–Crippen MR) is 81.5 cm³/mol. The van der Waals surface area contributed by atoms with Crippen LogP contribution in [0.15, 0.2) is 0 Å². The molecule has 0 saturated heterocycles.